The smallest absolute Gasteiger partial charge is 0.297 e. The van der Waals surface area contributed by atoms with Gasteiger partial charge in [0.05, 0.1) is 5.56 Å². The lowest BCUT2D eigenvalue weighted by Crippen LogP contribution is -2.31. The van der Waals surface area contributed by atoms with E-state index in [9.17, 15) is 18.0 Å². The Morgan fingerprint density at radius 3 is 1.96 bits per heavy atom. The maximum atomic E-state index is 12.6. The van der Waals surface area contributed by atoms with E-state index in [1.54, 1.807) is 12.1 Å². The molecule has 6 heteroatoms. The van der Waals surface area contributed by atoms with E-state index in [0.29, 0.717) is 5.56 Å². The number of halogens is 3. The summed E-state index contributed by atoms with van der Waals surface area (Å²) in [5.74, 6) is 2.02. The number of hydrogen-bond acceptors (Lipinski definition) is 3. The molecule has 132 valence electrons. The fourth-order valence-corrected chi connectivity index (χ4v) is 3.73. The van der Waals surface area contributed by atoms with Crippen LogP contribution < -0.4 is 0 Å². The number of nitrogens with zero attached hydrogens (tertiary/aromatic N) is 1. The maximum Gasteiger partial charge on any atom is 0.416 e. The largest absolute Gasteiger partial charge is 0.416 e. The molecule has 0 aliphatic carbocycles. The molecular formula is C19H18F3NOS. The van der Waals surface area contributed by atoms with Crippen LogP contribution >= 0.6 is 11.8 Å². The van der Waals surface area contributed by atoms with Crippen molar-refractivity contribution in [2.75, 3.05) is 24.6 Å². The first-order chi connectivity index (χ1) is 11.9. The van der Waals surface area contributed by atoms with Crippen LogP contribution in [0.15, 0.2) is 48.5 Å². The molecule has 0 spiro atoms. The van der Waals surface area contributed by atoms with Crippen molar-refractivity contribution >= 4 is 17.5 Å². The fourth-order valence-electron chi connectivity index (χ4n) is 2.76. The Balaban J connectivity index is 1.68. The summed E-state index contributed by atoms with van der Waals surface area (Å²) in [4.78, 5) is 14.8. The second-order valence-corrected chi connectivity index (χ2v) is 7.21. The van der Waals surface area contributed by atoms with Crippen LogP contribution in [0.4, 0.5) is 13.2 Å². The summed E-state index contributed by atoms with van der Waals surface area (Å²) in [5, 5.41) is 0. The number of hydrogen-bond donors (Lipinski definition) is 0. The second-order valence-electron chi connectivity index (χ2n) is 5.99. The lowest BCUT2D eigenvalue weighted by Gasteiger charge is -2.26. The van der Waals surface area contributed by atoms with Gasteiger partial charge in [-0.05, 0) is 17.7 Å². The van der Waals surface area contributed by atoms with Gasteiger partial charge in [0, 0.05) is 42.3 Å². The third-order valence-corrected chi connectivity index (χ3v) is 5.14. The molecule has 3 rings (SSSR count). The minimum absolute atomic E-state index is 0.258. The first kappa shape index (κ1) is 18.0. The topological polar surface area (TPSA) is 20.3 Å². The molecule has 1 heterocycles. The van der Waals surface area contributed by atoms with Crippen molar-refractivity contribution in [3.05, 3.63) is 70.8 Å². The number of ketones is 1. The van der Waals surface area contributed by atoms with E-state index in [2.05, 4.69) is 4.90 Å². The third-order valence-electron chi connectivity index (χ3n) is 4.20. The van der Waals surface area contributed by atoms with Crippen molar-refractivity contribution in [2.45, 2.75) is 12.7 Å². The van der Waals surface area contributed by atoms with E-state index >= 15 is 0 Å². The maximum absolute atomic E-state index is 12.6. The summed E-state index contributed by atoms with van der Waals surface area (Å²) < 4.78 is 37.8. The average molecular weight is 365 g/mol. The Kier molecular flexibility index (Phi) is 5.49. The van der Waals surface area contributed by atoms with Crippen molar-refractivity contribution in [1.29, 1.82) is 0 Å². The van der Waals surface area contributed by atoms with Gasteiger partial charge in [-0.15, -0.1) is 0 Å². The molecule has 1 aliphatic rings. The molecular weight excluding hydrogens is 347 g/mol. The highest BCUT2D eigenvalue weighted by Gasteiger charge is 2.30. The van der Waals surface area contributed by atoms with E-state index in [0.717, 1.165) is 48.8 Å². The molecule has 0 amide bonds. The molecule has 0 atom stereocenters. The molecule has 0 saturated carbocycles. The van der Waals surface area contributed by atoms with Crippen LogP contribution in [-0.4, -0.2) is 35.3 Å². The predicted molar refractivity (Wildman–Crippen MR) is 93.9 cm³/mol. The molecule has 0 bridgehead atoms. The normalized spacial score (nSPS) is 16.0. The molecule has 2 nitrogen and oxygen atoms in total. The van der Waals surface area contributed by atoms with Gasteiger partial charge in [-0.2, -0.15) is 24.9 Å². The average Bonchev–Trinajstić information content (AvgIpc) is 2.62. The Morgan fingerprint density at radius 1 is 0.920 bits per heavy atom. The van der Waals surface area contributed by atoms with Crippen LogP contribution in [0, 0.1) is 0 Å². The molecule has 1 saturated heterocycles. The van der Waals surface area contributed by atoms with Gasteiger partial charge in [-0.1, -0.05) is 36.4 Å². The van der Waals surface area contributed by atoms with Crippen LogP contribution in [0.25, 0.3) is 0 Å². The lowest BCUT2D eigenvalue weighted by molar-refractivity contribution is -0.137. The predicted octanol–water partition coefficient (Wildman–Crippen LogP) is 4.49. The number of carbonyl (C=O) groups excluding carboxylic acids is 1. The van der Waals surface area contributed by atoms with E-state index < -0.39 is 11.7 Å². The molecule has 2 aromatic carbocycles. The molecule has 2 aromatic rings. The molecule has 0 radical (unpaired) electrons. The number of thioether (sulfide) groups is 1. The van der Waals surface area contributed by atoms with Crippen LogP contribution in [-0.2, 0) is 12.7 Å². The molecule has 1 aliphatic heterocycles. The zero-order valence-corrected chi connectivity index (χ0v) is 14.4. The molecule has 0 aromatic heterocycles. The van der Waals surface area contributed by atoms with Gasteiger partial charge < -0.3 is 0 Å². The van der Waals surface area contributed by atoms with Crippen molar-refractivity contribution in [2.24, 2.45) is 0 Å². The van der Waals surface area contributed by atoms with Crippen LogP contribution in [0.3, 0.4) is 0 Å². The van der Waals surface area contributed by atoms with Crippen LogP contribution in [0.1, 0.15) is 27.0 Å². The number of alkyl halides is 3. The standard InChI is InChI=1S/C19H18F3NOS/c20-19(21,22)17-7-5-16(6-8-17)18(24)15-3-1-14(2-4-15)13-23-9-11-25-12-10-23/h1-8H,9-13H2. The Bertz CT molecular complexity index is 720. The van der Waals surface area contributed by atoms with Gasteiger partial charge in [0.25, 0.3) is 0 Å². The zero-order valence-electron chi connectivity index (χ0n) is 13.6. The number of rotatable bonds is 4. The minimum atomic E-state index is -4.39. The summed E-state index contributed by atoms with van der Waals surface area (Å²) in [5.41, 5.74) is 1.13. The van der Waals surface area contributed by atoms with Crippen LogP contribution in [0.2, 0.25) is 0 Å². The summed E-state index contributed by atoms with van der Waals surface area (Å²) >= 11 is 1.96. The first-order valence-corrected chi connectivity index (χ1v) is 9.20. The van der Waals surface area contributed by atoms with Gasteiger partial charge in [0.1, 0.15) is 0 Å². The van der Waals surface area contributed by atoms with Crippen molar-refractivity contribution in [1.82, 2.24) is 4.90 Å². The van der Waals surface area contributed by atoms with Crippen LogP contribution in [0.5, 0.6) is 0 Å². The first-order valence-electron chi connectivity index (χ1n) is 8.04. The fraction of sp³-hybridized carbons (Fsp3) is 0.316. The Morgan fingerprint density at radius 2 is 1.44 bits per heavy atom. The van der Waals surface area contributed by atoms with Crippen molar-refractivity contribution in [3.63, 3.8) is 0 Å². The molecule has 25 heavy (non-hydrogen) atoms. The summed E-state index contributed by atoms with van der Waals surface area (Å²) in [7, 11) is 0. The molecule has 0 N–H and O–H groups in total. The highest BCUT2D eigenvalue weighted by atomic mass is 32.2. The van der Waals surface area contributed by atoms with Crippen molar-refractivity contribution in [3.8, 4) is 0 Å². The quantitative estimate of drug-likeness (QED) is 0.745. The summed E-state index contributed by atoms with van der Waals surface area (Å²) in [6.45, 7) is 2.99. The van der Waals surface area contributed by atoms with Gasteiger partial charge >= 0.3 is 6.18 Å². The number of carbonyl (C=O) groups is 1. The second kappa shape index (κ2) is 7.62. The van der Waals surface area contributed by atoms with Gasteiger partial charge in [-0.25, -0.2) is 0 Å². The van der Waals surface area contributed by atoms with E-state index in [-0.39, 0.29) is 11.3 Å². The highest BCUT2D eigenvalue weighted by Crippen LogP contribution is 2.29. The monoisotopic (exact) mass is 365 g/mol. The third kappa shape index (κ3) is 4.64. The SMILES string of the molecule is O=C(c1ccc(CN2CCSCC2)cc1)c1ccc(C(F)(F)F)cc1. The van der Waals surface area contributed by atoms with E-state index in [4.69, 9.17) is 0 Å². The Labute approximate surface area is 149 Å². The van der Waals surface area contributed by atoms with E-state index in [1.807, 2.05) is 23.9 Å². The summed E-state index contributed by atoms with van der Waals surface area (Å²) in [6.07, 6.45) is -4.39. The van der Waals surface area contributed by atoms with Gasteiger partial charge in [-0.3, -0.25) is 9.69 Å². The van der Waals surface area contributed by atoms with Crippen molar-refractivity contribution < 1.29 is 18.0 Å². The minimum Gasteiger partial charge on any atom is -0.297 e. The van der Waals surface area contributed by atoms with Gasteiger partial charge in [0.2, 0.25) is 0 Å². The summed E-state index contributed by atoms with van der Waals surface area (Å²) in [6, 6.07) is 11.7. The van der Waals surface area contributed by atoms with Gasteiger partial charge in [0.15, 0.2) is 5.78 Å². The van der Waals surface area contributed by atoms with E-state index in [1.165, 1.54) is 12.1 Å². The lowest BCUT2D eigenvalue weighted by atomic mass is 10.0. The highest BCUT2D eigenvalue weighted by molar-refractivity contribution is 7.99. The molecule has 1 fully saturated rings. The zero-order chi connectivity index (χ0) is 17.9. The Hall–Kier alpha value is -1.79. The number of benzene rings is 2. The molecule has 0 unspecified atom stereocenters.